The van der Waals surface area contributed by atoms with Crippen molar-refractivity contribution in [3.05, 3.63) is 23.8 Å². The molecule has 0 radical (unpaired) electrons. The van der Waals surface area contributed by atoms with Crippen LogP contribution in [0.5, 0.6) is 11.5 Å². The molecular formula is C20H34N2O7S. The van der Waals surface area contributed by atoms with E-state index in [1.165, 1.54) is 14.0 Å². The first-order valence-corrected chi connectivity index (χ1v) is 11.6. The van der Waals surface area contributed by atoms with Gasteiger partial charge < -0.3 is 25.6 Å². The maximum absolute atomic E-state index is 11.5. The van der Waals surface area contributed by atoms with Gasteiger partial charge in [-0.1, -0.05) is 19.9 Å². The second-order valence-electron chi connectivity index (χ2n) is 7.26. The highest BCUT2D eigenvalue weighted by Crippen LogP contribution is 2.30. The first-order valence-electron chi connectivity index (χ1n) is 9.54. The molecule has 1 aromatic carbocycles. The monoisotopic (exact) mass is 446 g/mol. The van der Waals surface area contributed by atoms with Crippen molar-refractivity contribution in [1.29, 1.82) is 0 Å². The van der Waals surface area contributed by atoms with Gasteiger partial charge in [0.05, 0.1) is 25.5 Å². The topological polar surface area (TPSA) is 145 Å². The maximum atomic E-state index is 11.5. The van der Waals surface area contributed by atoms with Gasteiger partial charge in [-0.25, -0.2) is 8.42 Å². The summed E-state index contributed by atoms with van der Waals surface area (Å²) in [7, 11) is -1.72. The molecule has 0 saturated heterocycles. The summed E-state index contributed by atoms with van der Waals surface area (Å²) < 4.78 is 33.7. The van der Waals surface area contributed by atoms with Crippen LogP contribution in [0.25, 0.3) is 0 Å². The number of amides is 1. The lowest BCUT2D eigenvalue weighted by atomic mass is 10.1. The molecule has 0 bridgehead atoms. The number of rotatable bonds is 10. The highest BCUT2D eigenvalue weighted by molar-refractivity contribution is 7.90. The third kappa shape index (κ3) is 11.6. The average molecular weight is 447 g/mol. The van der Waals surface area contributed by atoms with Gasteiger partial charge >= 0.3 is 5.97 Å². The van der Waals surface area contributed by atoms with Gasteiger partial charge in [0, 0.05) is 13.2 Å². The zero-order chi connectivity index (χ0) is 23.5. The molecule has 30 heavy (non-hydrogen) atoms. The number of carboxylic acid groups (broad SMARTS) is 1. The Balaban J connectivity index is 0.000000787. The molecule has 0 aliphatic heterocycles. The van der Waals surface area contributed by atoms with Crippen molar-refractivity contribution < 1.29 is 32.6 Å². The van der Waals surface area contributed by atoms with Crippen LogP contribution in [0.3, 0.4) is 0 Å². The van der Waals surface area contributed by atoms with Gasteiger partial charge in [0.1, 0.15) is 15.9 Å². The molecule has 2 atom stereocenters. The summed E-state index contributed by atoms with van der Waals surface area (Å²) in [5.41, 5.74) is 5.87. The number of nitrogens with one attached hydrogen (secondary N) is 1. The zero-order valence-electron chi connectivity index (χ0n) is 18.5. The first kappa shape index (κ1) is 27.7. The summed E-state index contributed by atoms with van der Waals surface area (Å²) in [6.07, 6.45) is 1.68. The molecular weight excluding hydrogens is 412 g/mol. The number of hydrogen-bond acceptors (Lipinski definition) is 7. The van der Waals surface area contributed by atoms with E-state index in [4.69, 9.17) is 20.3 Å². The van der Waals surface area contributed by atoms with Crippen molar-refractivity contribution in [3.8, 4) is 11.5 Å². The van der Waals surface area contributed by atoms with E-state index in [1.54, 1.807) is 18.2 Å². The molecule has 4 N–H and O–H groups in total. The Labute approximate surface area is 178 Å². The van der Waals surface area contributed by atoms with Gasteiger partial charge in [-0.2, -0.15) is 0 Å². The normalized spacial score (nSPS) is 12.9. The van der Waals surface area contributed by atoms with Crippen LogP contribution in [-0.4, -0.2) is 57.2 Å². The number of carbonyl (C=O) groups excluding carboxylic acids is 1. The molecule has 0 aromatic heterocycles. The van der Waals surface area contributed by atoms with E-state index in [2.05, 4.69) is 5.32 Å². The fraction of sp³-hybridized carbons (Fsp3) is 0.600. The number of carboxylic acids is 1. The van der Waals surface area contributed by atoms with Crippen molar-refractivity contribution >= 4 is 21.7 Å². The highest BCUT2D eigenvalue weighted by Gasteiger charge is 2.20. The smallest absolute Gasteiger partial charge is 0.320 e. The second kappa shape index (κ2) is 13.1. The van der Waals surface area contributed by atoms with Crippen LogP contribution in [0.15, 0.2) is 18.2 Å². The Kier molecular flexibility index (Phi) is 12.1. The largest absolute Gasteiger partial charge is 0.493 e. The molecule has 9 nitrogen and oxygen atoms in total. The molecule has 0 spiro atoms. The van der Waals surface area contributed by atoms with Gasteiger partial charge in [0.2, 0.25) is 5.91 Å². The van der Waals surface area contributed by atoms with E-state index < -0.39 is 27.9 Å². The summed E-state index contributed by atoms with van der Waals surface area (Å²) in [5, 5.41) is 11.0. The second-order valence-corrected chi connectivity index (χ2v) is 9.45. The zero-order valence-corrected chi connectivity index (χ0v) is 19.3. The van der Waals surface area contributed by atoms with Gasteiger partial charge in [0.25, 0.3) is 0 Å². The number of sulfone groups is 1. The van der Waals surface area contributed by atoms with Gasteiger partial charge in [0.15, 0.2) is 11.5 Å². The standard InChI is InChI=1S/C14H21NO5S.C6H13NO2/c1-5-20-14-8-11(6-7-13(14)19-3)12(15-10(2)16)9-21(4,17)18;1-4(2)3-5(7)6(8)9/h6-8,12H,5,9H2,1-4H3,(H,15,16);4-5H,3,7H2,1-2H3,(H,8,9)/t12-;5-/m01/s1. The van der Waals surface area contributed by atoms with Gasteiger partial charge in [-0.3, -0.25) is 9.59 Å². The van der Waals surface area contributed by atoms with Crippen molar-refractivity contribution in [1.82, 2.24) is 5.32 Å². The molecule has 172 valence electrons. The molecule has 0 aliphatic rings. The van der Waals surface area contributed by atoms with E-state index >= 15 is 0 Å². The highest BCUT2D eigenvalue weighted by atomic mass is 32.2. The number of benzene rings is 1. The number of nitrogens with two attached hydrogens (primary N) is 1. The Morgan fingerprint density at radius 3 is 2.20 bits per heavy atom. The van der Waals surface area contributed by atoms with Crippen LogP contribution in [0, 0.1) is 5.92 Å². The number of methoxy groups -OCH3 is 1. The third-order valence-corrected chi connectivity index (χ3v) is 4.72. The van der Waals surface area contributed by atoms with Crippen LogP contribution >= 0.6 is 0 Å². The molecule has 10 heteroatoms. The Morgan fingerprint density at radius 1 is 1.23 bits per heavy atom. The lowest BCUT2D eigenvalue weighted by Gasteiger charge is -2.19. The molecule has 1 amide bonds. The van der Waals surface area contributed by atoms with E-state index in [1.807, 2.05) is 20.8 Å². The summed E-state index contributed by atoms with van der Waals surface area (Å²) in [5.74, 6) is 0.0462. The Bertz CT molecular complexity index is 794. The molecule has 1 aromatic rings. The minimum atomic E-state index is -3.24. The maximum Gasteiger partial charge on any atom is 0.320 e. The number of aliphatic carboxylic acids is 1. The van der Waals surface area contributed by atoms with Crippen LogP contribution in [-0.2, 0) is 19.4 Å². The summed E-state index contributed by atoms with van der Waals surface area (Å²) in [4.78, 5) is 21.4. The lowest BCUT2D eigenvalue weighted by molar-refractivity contribution is -0.138. The number of hydrogen-bond donors (Lipinski definition) is 3. The minimum absolute atomic E-state index is 0.176. The quantitative estimate of drug-likeness (QED) is 0.493. The van der Waals surface area contributed by atoms with E-state index in [0.29, 0.717) is 36.0 Å². The first-order chi connectivity index (χ1) is 13.8. The van der Waals surface area contributed by atoms with Crippen LogP contribution in [0.4, 0.5) is 0 Å². The van der Waals surface area contributed by atoms with Crippen LogP contribution in [0.1, 0.15) is 45.7 Å². The van der Waals surface area contributed by atoms with Crippen LogP contribution < -0.4 is 20.5 Å². The summed E-state index contributed by atoms with van der Waals surface area (Å²) >= 11 is 0. The lowest BCUT2D eigenvalue weighted by Crippen LogP contribution is -2.31. The third-order valence-electron chi connectivity index (χ3n) is 3.78. The predicted octanol–water partition coefficient (Wildman–Crippen LogP) is 1.76. The molecule has 0 fully saturated rings. The molecule has 0 aliphatic carbocycles. The fourth-order valence-corrected chi connectivity index (χ4v) is 3.44. The van der Waals surface area contributed by atoms with E-state index in [9.17, 15) is 18.0 Å². The predicted molar refractivity (Wildman–Crippen MR) is 115 cm³/mol. The molecule has 0 unspecified atom stereocenters. The average Bonchev–Trinajstić information content (AvgIpc) is 2.59. The van der Waals surface area contributed by atoms with Gasteiger partial charge in [-0.15, -0.1) is 0 Å². The fourth-order valence-electron chi connectivity index (χ4n) is 2.56. The molecule has 0 saturated carbocycles. The Morgan fingerprint density at radius 2 is 1.83 bits per heavy atom. The Hall–Kier alpha value is -2.33. The summed E-state index contributed by atoms with van der Waals surface area (Å²) in [6.45, 7) is 7.54. The minimum Gasteiger partial charge on any atom is -0.493 e. The van der Waals surface area contributed by atoms with E-state index in [-0.39, 0.29) is 11.7 Å². The van der Waals surface area contributed by atoms with Crippen molar-refractivity contribution in [2.45, 2.75) is 46.2 Å². The number of ether oxygens (including phenoxy) is 2. The number of carbonyl (C=O) groups is 2. The van der Waals surface area contributed by atoms with Crippen molar-refractivity contribution in [3.63, 3.8) is 0 Å². The van der Waals surface area contributed by atoms with Gasteiger partial charge in [-0.05, 0) is 37.0 Å². The van der Waals surface area contributed by atoms with E-state index in [0.717, 1.165) is 6.26 Å². The summed E-state index contributed by atoms with van der Waals surface area (Å²) in [6, 6.07) is 3.78. The van der Waals surface area contributed by atoms with Crippen molar-refractivity contribution in [2.75, 3.05) is 25.7 Å². The van der Waals surface area contributed by atoms with Crippen LogP contribution in [0.2, 0.25) is 0 Å². The molecule has 1 rings (SSSR count). The molecule has 0 heterocycles. The SMILES string of the molecule is CC(C)C[C@@H](N)C(=O)O.CCOc1cc([C@H](CS(C)(=O)=O)NC(C)=O)ccc1OC. The van der Waals surface area contributed by atoms with Crippen molar-refractivity contribution in [2.24, 2.45) is 11.7 Å².